The van der Waals surface area contributed by atoms with Gasteiger partial charge in [0.2, 0.25) is 5.91 Å². The molecule has 3 rings (SSSR count). The molecular weight excluding hydrogens is 316 g/mol. The molecule has 0 saturated heterocycles. The molecule has 0 spiro atoms. The summed E-state index contributed by atoms with van der Waals surface area (Å²) in [5.74, 6) is -0.302. The predicted octanol–water partition coefficient (Wildman–Crippen LogP) is 2.64. The third kappa shape index (κ3) is 4.25. The fraction of sp³-hybridized carbons (Fsp3) is 0.421. The van der Waals surface area contributed by atoms with Crippen molar-refractivity contribution in [3.63, 3.8) is 0 Å². The van der Waals surface area contributed by atoms with Gasteiger partial charge in [0.25, 0.3) is 0 Å². The van der Waals surface area contributed by atoms with E-state index >= 15 is 0 Å². The molecule has 1 saturated carbocycles. The first-order chi connectivity index (χ1) is 12.1. The zero-order valence-corrected chi connectivity index (χ0v) is 14.1. The van der Waals surface area contributed by atoms with Gasteiger partial charge in [-0.1, -0.05) is 37.5 Å². The van der Waals surface area contributed by atoms with Gasteiger partial charge in [-0.15, -0.1) is 0 Å². The van der Waals surface area contributed by atoms with Crippen LogP contribution in [0, 0.1) is 11.3 Å². The van der Waals surface area contributed by atoms with Crippen LogP contribution in [-0.2, 0) is 4.79 Å². The van der Waals surface area contributed by atoms with E-state index in [2.05, 4.69) is 16.5 Å². The van der Waals surface area contributed by atoms with Gasteiger partial charge < -0.3 is 10.4 Å². The molecule has 1 fully saturated rings. The average molecular weight is 338 g/mol. The second-order valence-electron chi connectivity index (χ2n) is 6.65. The van der Waals surface area contributed by atoms with Gasteiger partial charge in [0.05, 0.1) is 30.0 Å². The van der Waals surface area contributed by atoms with Crippen LogP contribution in [-0.4, -0.2) is 26.4 Å². The SMILES string of the molecule is N#C[C@@H](NC(=O)CC1(O)CCCCC1)c1cnn(-c2ccccc2)c1. The highest BCUT2D eigenvalue weighted by Gasteiger charge is 2.32. The molecular formula is C19H22N4O2. The van der Waals surface area contributed by atoms with Gasteiger partial charge in [0, 0.05) is 11.8 Å². The molecule has 1 aromatic carbocycles. The fourth-order valence-electron chi connectivity index (χ4n) is 3.30. The van der Waals surface area contributed by atoms with Gasteiger partial charge in [-0.05, 0) is 25.0 Å². The van der Waals surface area contributed by atoms with Crippen LogP contribution < -0.4 is 5.32 Å². The van der Waals surface area contributed by atoms with Crippen LogP contribution in [0.25, 0.3) is 5.69 Å². The minimum atomic E-state index is -0.934. The Kier molecular flexibility index (Phi) is 5.15. The number of para-hydroxylation sites is 1. The van der Waals surface area contributed by atoms with E-state index in [9.17, 15) is 15.2 Å². The number of nitrogens with zero attached hydrogens (tertiary/aromatic N) is 3. The van der Waals surface area contributed by atoms with Crippen molar-refractivity contribution in [3.05, 3.63) is 48.3 Å². The summed E-state index contributed by atoms with van der Waals surface area (Å²) in [6, 6.07) is 10.9. The molecule has 1 aliphatic carbocycles. The van der Waals surface area contributed by atoms with Gasteiger partial charge in [-0.2, -0.15) is 10.4 Å². The lowest BCUT2D eigenvalue weighted by atomic mass is 9.82. The topological polar surface area (TPSA) is 90.9 Å². The van der Waals surface area contributed by atoms with E-state index in [0.717, 1.165) is 24.9 Å². The van der Waals surface area contributed by atoms with E-state index in [1.165, 1.54) is 0 Å². The van der Waals surface area contributed by atoms with E-state index in [4.69, 9.17) is 0 Å². The Morgan fingerprint density at radius 3 is 2.72 bits per heavy atom. The highest BCUT2D eigenvalue weighted by atomic mass is 16.3. The number of carbonyl (C=O) groups excluding carboxylic acids is 1. The lowest BCUT2D eigenvalue weighted by Crippen LogP contribution is -2.39. The molecule has 1 heterocycles. The number of nitriles is 1. The third-order valence-corrected chi connectivity index (χ3v) is 4.66. The molecule has 1 amide bonds. The summed E-state index contributed by atoms with van der Waals surface area (Å²) < 4.78 is 1.67. The van der Waals surface area contributed by atoms with Crippen molar-refractivity contribution in [1.29, 1.82) is 5.26 Å². The van der Waals surface area contributed by atoms with Crippen molar-refractivity contribution in [2.24, 2.45) is 0 Å². The van der Waals surface area contributed by atoms with Crippen LogP contribution in [0.3, 0.4) is 0 Å². The number of hydrogen-bond donors (Lipinski definition) is 2. The largest absolute Gasteiger partial charge is 0.389 e. The van der Waals surface area contributed by atoms with Crippen molar-refractivity contribution < 1.29 is 9.90 Å². The number of aromatic nitrogens is 2. The normalized spacial score (nSPS) is 17.4. The minimum Gasteiger partial charge on any atom is -0.389 e. The molecule has 25 heavy (non-hydrogen) atoms. The molecule has 1 atom stereocenters. The lowest BCUT2D eigenvalue weighted by molar-refractivity contribution is -0.127. The summed E-state index contributed by atoms with van der Waals surface area (Å²) in [4.78, 5) is 12.3. The van der Waals surface area contributed by atoms with Crippen molar-refractivity contribution >= 4 is 5.91 Å². The minimum absolute atomic E-state index is 0.0397. The Morgan fingerprint density at radius 2 is 2.04 bits per heavy atom. The maximum absolute atomic E-state index is 12.3. The van der Waals surface area contributed by atoms with E-state index in [0.29, 0.717) is 18.4 Å². The number of rotatable bonds is 5. The highest BCUT2D eigenvalue weighted by molar-refractivity contribution is 5.78. The average Bonchev–Trinajstić information content (AvgIpc) is 3.10. The fourth-order valence-corrected chi connectivity index (χ4v) is 3.30. The van der Waals surface area contributed by atoms with Crippen LogP contribution in [0.5, 0.6) is 0 Å². The number of nitrogens with one attached hydrogen (secondary N) is 1. The van der Waals surface area contributed by atoms with Crippen molar-refractivity contribution in [1.82, 2.24) is 15.1 Å². The molecule has 0 radical (unpaired) electrons. The molecule has 0 bridgehead atoms. The van der Waals surface area contributed by atoms with Gasteiger partial charge in [0.15, 0.2) is 0 Å². The van der Waals surface area contributed by atoms with Crippen LogP contribution in [0.4, 0.5) is 0 Å². The Balaban J connectivity index is 1.66. The van der Waals surface area contributed by atoms with E-state index in [-0.39, 0.29) is 12.3 Å². The predicted molar refractivity (Wildman–Crippen MR) is 92.7 cm³/mol. The molecule has 0 aliphatic heterocycles. The maximum Gasteiger partial charge on any atom is 0.224 e. The first-order valence-corrected chi connectivity index (χ1v) is 8.61. The summed E-state index contributed by atoms with van der Waals surface area (Å²) >= 11 is 0. The van der Waals surface area contributed by atoms with Gasteiger partial charge in [-0.3, -0.25) is 4.79 Å². The van der Waals surface area contributed by atoms with Gasteiger partial charge >= 0.3 is 0 Å². The highest BCUT2D eigenvalue weighted by Crippen LogP contribution is 2.31. The van der Waals surface area contributed by atoms with Crippen molar-refractivity contribution in [2.75, 3.05) is 0 Å². The summed E-state index contributed by atoms with van der Waals surface area (Å²) in [6.07, 6.45) is 7.62. The molecule has 130 valence electrons. The second-order valence-corrected chi connectivity index (χ2v) is 6.65. The maximum atomic E-state index is 12.3. The first kappa shape index (κ1) is 17.2. The van der Waals surface area contributed by atoms with E-state index < -0.39 is 11.6 Å². The number of aliphatic hydroxyl groups is 1. The standard InChI is InChI=1S/C19H22N4O2/c20-12-17(22-18(24)11-19(25)9-5-2-6-10-19)15-13-21-23(14-15)16-7-3-1-4-8-16/h1,3-4,7-8,13-14,17,25H,2,5-6,9-11H2,(H,22,24)/t17-/m1/s1. The Bertz CT molecular complexity index is 757. The zero-order chi connectivity index (χ0) is 17.7. The monoisotopic (exact) mass is 338 g/mol. The quantitative estimate of drug-likeness (QED) is 0.877. The van der Waals surface area contributed by atoms with Gasteiger partial charge in [-0.25, -0.2) is 4.68 Å². The summed E-state index contributed by atoms with van der Waals surface area (Å²) in [7, 11) is 0. The first-order valence-electron chi connectivity index (χ1n) is 8.61. The van der Waals surface area contributed by atoms with E-state index in [1.807, 2.05) is 30.3 Å². The molecule has 2 aromatic rings. The second kappa shape index (κ2) is 7.49. The Labute approximate surface area is 147 Å². The summed E-state index contributed by atoms with van der Waals surface area (Å²) in [5, 5.41) is 26.9. The van der Waals surface area contributed by atoms with Crippen LogP contribution >= 0.6 is 0 Å². The van der Waals surface area contributed by atoms with E-state index in [1.54, 1.807) is 17.1 Å². The van der Waals surface area contributed by atoms with Gasteiger partial charge in [0.1, 0.15) is 6.04 Å². The van der Waals surface area contributed by atoms with Crippen LogP contribution in [0.15, 0.2) is 42.7 Å². The molecule has 0 unspecified atom stereocenters. The number of benzene rings is 1. The number of hydrogen-bond acceptors (Lipinski definition) is 4. The number of carbonyl (C=O) groups is 1. The number of amides is 1. The Morgan fingerprint density at radius 1 is 1.32 bits per heavy atom. The van der Waals surface area contributed by atoms with Crippen molar-refractivity contribution in [3.8, 4) is 11.8 Å². The lowest BCUT2D eigenvalue weighted by Gasteiger charge is -2.31. The van der Waals surface area contributed by atoms with Crippen molar-refractivity contribution in [2.45, 2.75) is 50.2 Å². The van der Waals surface area contributed by atoms with Crippen LogP contribution in [0.2, 0.25) is 0 Å². The zero-order valence-electron chi connectivity index (χ0n) is 14.1. The Hall–Kier alpha value is -2.65. The third-order valence-electron chi connectivity index (χ3n) is 4.66. The molecule has 1 aromatic heterocycles. The molecule has 2 N–H and O–H groups in total. The van der Waals surface area contributed by atoms with Crippen LogP contribution in [0.1, 0.15) is 50.1 Å². The summed E-state index contributed by atoms with van der Waals surface area (Å²) in [5.41, 5.74) is 0.569. The summed E-state index contributed by atoms with van der Waals surface area (Å²) in [6.45, 7) is 0. The molecule has 1 aliphatic rings. The molecule has 6 nitrogen and oxygen atoms in total. The smallest absolute Gasteiger partial charge is 0.224 e. The molecule has 6 heteroatoms.